The highest BCUT2D eigenvalue weighted by atomic mass is 19.1. The summed E-state index contributed by atoms with van der Waals surface area (Å²) in [5, 5.41) is 28.2. The molecule has 4 N–H and O–H groups in total. The molecule has 3 aromatic carbocycles. The first kappa shape index (κ1) is 32.5. The van der Waals surface area contributed by atoms with Gasteiger partial charge in [0.2, 0.25) is 0 Å². The highest BCUT2D eigenvalue weighted by Crippen LogP contribution is 2.36. The van der Waals surface area contributed by atoms with Crippen LogP contribution < -0.4 is 24.8 Å². The first-order valence-corrected chi connectivity index (χ1v) is 14.6. The zero-order valence-corrected chi connectivity index (χ0v) is 25.9. The molecule has 0 radical (unpaired) electrons. The molecule has 2 heterocycles. The van der Waals surface area contributed by atoms with Gasteiger partial charge >= 0.3 is 6.01 Å². The second-order valence-electron chi connectivity index (χ2n) is 10.1. The van der Waals surface area contributed by atoms with Gasteiger partial charge in [-0.05, 0) is 62.4 Å². The van der Waals surface area contributed by atoms with Crippen molar-refractivity contribution in [3.05, 3.63) is 113 Å². The average Bonchev–Trinajstić information content (AvgIpc) is 3.51. The van der Waals surface area contributed by atoms with E-state index < -0.39 is 17.8 Å². The molecule has 1 amide bonds. The Bertz CT molecular complexity index is 1830. The molecule has 47 heavy (non-hydrogen) atoms. The Morgan fingerprint density at radius 2 is 1.74 bits per heavy atom. The van der Waals surface area contributed by atoms with Gasteiger partial charge in [0.15, 0.2) is 17.4 Å². The maximum atomic E-state index is 16.1. The number of aliphatic hydroxyl groups excluding tert-OH is 1. The van der Waals surface area contributed by atoms with Crippen LogP contribution in [0.25, 0.3) is 5.95 Å². The molecule has 5 rings (SSSR count). The summed E-state index contributed by atoms with van der Waals surface area (Å²) >= 11 is 0. The summed E-state index contributed by atoms with van der Waals surface area (Å²) in [6.45, 7) is 3.52. The van der Waals surface area contributed by atoms with E-state index in [1.54, 1.807) is 61.8 Å². The van der Waals surface area contributed by atoms with E-state index in [2.05, 4.69) is 30.7 Å². The van der Waals surface area contributed by atoms with Crippen LogP contribution in [0.4, 0.5) is 10.1 Å². The van der Waals surface area contributed by atoms with Crippen molar-refractivity contribution in [1.29, 1.82) is 5.41 Å². The lowest BCUT2D eigenvalue weighted by Gasteiger charge is -2.21. The predicted octanol–water partition coefficient (Wildman–Crippen LogP) is 4.24. The lowest BCUT2D eigenvalue weighted by atomic mass is 10.0. The van der Waals surface area contributed by atoms with Crippen LogP contribution in [0.2, 0.25) is 0 Å². The van der Waals surface area contributed by atoms with Crippen LogP contribution in [0, 0.1) is 18.2 Å². The topological polar surface area (TPSA) is 169 Å². The van der Waals surface area contributed by atoms with Gasteiger partial charge in [0.25, 0.3) is 11.9 Å². The Kier molecular flexibility index (Phi) is 10.3. The number of hydrogen-bond donors (Lipinski definition) is 4. The molecule has 0 bridgehead atoms. The summed E-state index contributed by atoms with van der Waals surface area (Å²) in [6, 6.07) is 17.3. The second kappa shape index (κ2) is 14.9. The number of methoxy groups -OCH3 is 1. The molecule has 2 aromatic heterocycles. The number of carbonyl (C=O) groups excluding carboxylic acids is 1. The number of nitrogens with zero attached hydrogens (tertiary/aromatic N) is 5. The number of carbonyl (C=O) groups is 1. The fraction of sp³-hybridized carbons (Fsp3) is 0.212. The van der Waals surface area contributed by atoms with Crippen molar-refractivity contribution in [2.24, 2.45) is 0 Å². The third-order valence-electron chi connectivity index (χ3n) is 6.84. The zero-order chi connectivity index (χ0) is 33.3. The van der Waals surface area contributed by atoms with Gasteiger partial charge in [-0.1, -0.05) is 17.7 Å². The van der Waals surface area contributed by atoms with Gasteiger partial charge in [0, 0.05) is 40.8 Å². The lowest BCUT2D eigenvalue weighted by Crippen LogP contribution is -2.30. The van der Waals surface area contributed by atoms with E-state index in [4.69, 9.17) is 19.6 Å². The largest absolute Gasteiger partial charge is 0.497 e. The van der Waals surface area contributed by atoms with Gasteiger partial charge in [-0.2, -0.15) is 4.98 Å². The number of rotatable bonds is 13. The van der Waals surface area contributed by atoms with Gasteiger partial charge < -0.3 is 30.0 Å². The van der Waals surface area contributed by atoms with Gasteiger partial charge in [0.05, 0.1) is 20.3 Å². The molecule has 14 heteroatoms. The summed E-state index contributed by atoms with van der Waals surface area (Å²) < 4.78 is 34.0. The van der Waals surface area contributed by atoms with Crippen molar-refractivity contribution < 1.29 is 28.5 Å². The highest BCUT2D eigenvalue weighted by Gasteiger charge is 2.28. The van der Waals surface area contributed by atoms with Crippen molar-refractivity contribution in [2.45, 2.75) is 19.9 Å². The Labute approximate surface area is 269 Å². The van der Waals surface area contributed by atoms with Crippen molar-refractivity contribution in [3.8, 4) is 23.5 Å². The van der Waals surface area contributed by atoms with E-state index in [1.807, 2.05) is 19.1 Å². The number of hydrogen-bond acceptors (Lipinski definition) is 11. The zero-order valence-electron chi connectivity index (χ0n) is 25.9. The highest BCUT2D eigenvalue weighted by molar-refractivity contribution is 6.11. The summed E-state index contributed by atoms with van der Waals surface area (Å²) in [7, 11) is 1.44. The molecule has 0 saturated carbocycles. The van der Waals surface area contributed by atoms with Crippen LogP contribution >= 0.6 is 0 Å². The van der Waals surface area contributed by atoms with Gasteiger partial charge in [0.1, 0.15) is 24.2 Å². The van der Waals surface area contributed by atoms with Crippen LogP contribution in [-0.4, -0.2) is 68.5 Å². The Morgan fingerprint density at radius 1 is 1.04 bits per heavy atom. The Balaban J connectivity index is 1.50. The molecule has 0 aliphatic rings. The number of halogens is 1. The Morgan fingerprint density at radius 3 is 2.40 bits per heavy atom. The van der Waals surface area contributed by atoms with Crippen molar-refractivity contribution in [2.75, 3.05) is 32.2 Å². The number of nitrogens with one attached hydrogen (secondary N) is 3. The van der Waals surface area contributed by atoms with Gasteiger partial charge in [-0.3, -0.25) is 10.2 Å². The lowest BCUT2D eigenvalue weighted by molar-refractivity contribution is 0.0977. The molecule has 0 aliphatic heterocycles. The molecule has 0 spiro atoms. The second-order valence-corrected chi connectivity index (χ2v) is 10.1. The number of anilines is 1. The summed E-state index contributed by atoms with van der Waals surface area (Å²) in [5.74, 6) is -0.745. The monoisotopic (exact) mass is 640 g/mol. The maximum Gasteiger partial charge on any atom is 0.322 e. The van der Waals surface area contributed by atoms with Crippen LogP contribution in [0.15, 0.2) is 79.1 Å². The minimum absolute atomic E-state index is 0.0775. The number of benzene rings is 3. The fourth-order valence-electron chi connectivity index (χ4n) is 4.51. The van der Waals surface area contributed by atoms with E-state index in [9.17, 15) is 9.90 Å². The molecule has 0 fully saturated rings. The number of amidine groups is 1. The average molecular weight is 641 g/mol. The molecule has 0 aliphatic carbocycles. The van der Waals surface area contributed by atoms with E-state index >= 15 is 4.39 Å². The third-order valence-corrected chi connectivity index (χ3v) is 6.84. The molecule has 13 nitrogen and oxygen atoms in total. The number of amides is 1. The van der Waals surface area contributed by atoms with Gasteiger partial charge in [-0.25, -0.2) is 14.4 Å². The quantitative estimate of drug-likeness (QED) is 0.108. The fourth-order valence-corrected chi connectivity index (χ4v) is 4.51. The smallest absolute Gasteiger partial charge is 0.322 e. The van der Waals surface area contributed by atoms with Crippen LogP contribution in [-0.2, 0) is 0 Å². The molecular weight excluding hydrogens is 607 g/mol. The first-order chi connectivity index (χ1) is 22.8. The predicted molar refractivity (Wildman–Crippen MR) is 171 cm³/mol. The molecular formula is C33H33FN8O5. The van der Waals surface area contributed by atoms with E-state index in [0.29, 0.717) is 22.6 Å². The van der Waals surface area contributed by atoms with E-state index in [0.717, 1.165) is 5.56 Å². The van der Waals surface area contributed by atoms with Crippen LogP contribution in [0.3, 0.4) is 0 Å². The molecule has 1 unspecified atom stereocenters. The van der Waals surface area contributed by atoms with E-state index in [-0.39, 0.29) is 54.8 Å². The summed E-state index contributed by atoms with van der Waals surface area (Å²) in [5.41, 5.74) is 2.49. The molecule has 1 atom stereocenters. The van der Waals surface area contributed by atoms with Crippen molar-refractivity contribution >= 4 is 17.4 Å². The van der Waals surface area contributed by atoms with Gasteiger partial charge in [-0.15, -0.1) is 9.78 Å². The van der Waals surface area contributed by atoms with Crippen LogP contribution in [0.1, 0.15) is 45.8 Å². The van der Waals surface area contributed by atoms with Crippen LogP contribution in [0.5, 0.6) is 17.5 Å². The number of aryl methyl sites for hydroxylation is 1. The third kappa shape index (κ3) is 7.68. The van der Waals surface area contributed by atoms with Crippen molar-refractivity contribution in [1.82, 2.24) is 30.0 Å². The Hall–Kier alpha value is -5.89. The normalized spacial score (nSPS) is 11.4. The SMILES string of the molecule is CCOc1nc(C(Nc2ccc(C(=N)NC(=O)c3ccc(C)cc3)cc2)c2cc(OC)cc(OCCO)c2F)nn1-c1ncccn1. The minimum Gasteiger partial charge on any atom is -0.497 e. The number of aromatic nitrogens is 5. The van der Waals surface area contributed by atoms with Crippen molar-refractivity contribution in [3.63, 3.8) is 0 Å². The molecule has 0 saturated heterocycles. The standard InChI is InChI=1S/C33H33FN8O5/c1-4-46-33-40-30(41-42(33)32-36-14-5-15-37-32)28(25-18-24(45-3)19-26(27(25)34)47-17-16-43)38-23-12-10-21(11-13-23)29(35)39-31(44)22-8-6-20(2)7-9-22/h5-15,18-19,28,38,43H,4,16-17H2,1-3H3,(H2,35,39,44). The number of aliphatic hydroxyl groups is 1. The van der Waals surface area contributed by atoms with E-state index in [1.165, 1.54) is 23.9 Å². The first-order valence-electron chi connectivity index (χ1n) is 14.6. The number of ether oxygens (including phenoxy) is 3. The summed E-state index contributed by atoms with van der Waals surface area (Å²) in [6.07, 6.45) is 3.09. The summed E-state index contributed by atoms with van der Waals surface area (Å²) in [4.78, 5) is 25.7. The molecule has 242 valence electrons. The maximum absolute atomic E-state index is 16.1. The minimum atomic E-state index is -1.03. The molecule has 5 aromatic rings.